The van der Waals surface area contributed by atoms with Gasteiger partial charge in [-0.15, -0.1) is 0 Å². The highest BCUT2D eigenvalue weighted by molar-refractivity contribution is 5.99. The van der Waals surface area contributed by atoms with E-state index in [9.17, 15) is 14.7 Å². The SMILES string of the molecule is C=C(C)C(=O)Oc1ccc(O)cc1C(C)=O. The van der Waals surface area contributed by atoms with Crippen molar-refractivity contribution >= 4 is 11.8 Å². The number of hydrogen-bond donors (Lipinski definition) is 1. The molecule has 1 aromatic carbocycles. The number of ether oxygens (including phenoxy) is 1. The summed E-state index contributed by atoms with van der Waals surface area (Å²) in [6.07, 6.45) is 0. The Kier molecular flexibility index (Phi) is 3.45. The molecular weight excluding hydrogens is 208 g/mol. The monoisotopic (exact) mass is 220 g/mol. The van der Waals surface area contributed by atoms with Crippen molar-refractivity contribution < 1.29 is 19.4 Å². The Balaban J connectivity index is 3.09. The first-order chi connectivity index (χ1) is 7.41. The summed E-state index contributed by atoms with van der Waals surface area (Å²) in [6.45, 7) is 6.27. The molecule has 84 valence electrons. The van der Waals surface area contributed by atoms with E-state index in [1.165, 1.54) is 32.0 Å². The van der Waals surface area contributed by atoms with Gasteiger partial charge in [0.1, 0.15) is 11.5 Å². The van der Waals surface area contributed by atoms with E-state index in [1.54, 1.807) is 0 Å². The van der Waals surface area contributed by atoms with Crippen molar-refractivity contribution in [3.8, 4) is 11.5 Å². The van der Waals surface area contributed by atoms with Crippen LogP contribution in [0.3, 0.4) is 0 Å². The van der Waals surface area contributed by atoms with Gasteiger partial charge in [-0.25, -0.2) is 4.79 Å². The summed E-state index contributed by atoms with van der Waals surface area (Å²) in [5.41, 5.74) is 0.400. The number of aromatic hydroxyl groups is 1. The Bertz CT molecular complexity index is 460. The largest absolute Gasteiger partial charge is 0.508 e. The van der Waals surface area contributed by atoms with Crippen molar-refractivity contribution in [3.63, 3.8) is 0 Å². The van der Waals surface area contributed by atoms with E-state index in [0.717, 1.165) is 0 Å². The molecule has 1 aromatic rings. The Morgan fingerprint density at radius 3 is 2.44 bits per heavy atom. The van der Waals surface area contributed by atoms with Crippen LogP contribution in [-0.4, -0.2) is 16.9 Å². The Morgan fingerprint density at radius 2 is 1.94 bits per heavy atom. The number of Topliss-reactive ketones (excluding diaryl/α,β-unsaturated/α-hetero) is 1. The molecule has 0 bridgehead atoms. The number of carbonyl (C=O) groups excluding carboxylic acids is 2. The maximum atomic E-state index is 11.3. The molecule has 4 nitrogen and oxygen atoms in total. The standard InChI is InChI=1S/C12H12O4/c1-7(2)12(15)16-11-5-4-9(14)6-10(11)8(3)13/h4-6,14H,1H2,2-3H3. The molecule has 16 heavy (non-hydrogen) atoms. The van der Waals surface area contributed by atoms with Gasteiger partial charge >= 0.3 is 5.97 Å². The molecule has 4 heteroatoms. The van der Waals surface area contributed by atoms with Gasteiger partial charge in [0.05, 0.1) is 5.56 Å². The quantitative estimate of drug-likeness (QED) is 0.366. The maximum absolute atomic E-state index is 11.3. The van der Waals surface area contributed by atoms with Crippen LogP contribution in [0.25, 0.3) is 0 Å². The van der Waals surface area contributed by atoms with Crippen molar-refractivity contribution in [2.75, 3.05) is 0 Å². The van der Waals surface area contributed by atoms with Crippen LogP contribution in [0.4, 0.5) is 0 Å². The maximum Gasteiger partial charge on any atom is 0.338 e. The molecule has 1 N–H and O–H groups in total. The Labute approximate surface area is 93.2 Å². The van der Waals surface area contributed by atoms with Gasteiger partial charge < -0.3 is 9.84 Å². The highest BCUT2D eigenvalue weighted by Crippen LogP contribution is 2.24. The summed E-state index contributed by atoms with van der Waals surface area (Å²) in [5, 5.41) is 9.22. The van der Waals surface area contributed by atoms with Crippen molar-refractivity contribution in [1.82, 2.24) is 0 Å². The number of rotatable bonds is 3. The lowest BCUT2D eigenvalue weighted by Crippen LogP contribution is -2.10. The lowest BCUT2D eigenvalue weighted by molar-refractivity contribution is -0.130. The lowest BCUT2D eigenvalue weighted by atomic mass is 10.1. The minimum atomic E-state index is -0.604. The molecule has 0 amide bonds. The van der Waals surface area contributed by atoms with E-state index in [0.29, 0.717) is 0 Å². The number of esters is 1. The zero-order valence-electron chi connectivity index (χ0n) is 9.11. The number of benzene rings is 1. The summed E-state index contributed by atoms with van der Waals surface area (Å²) < 4.78 is 4.95. The van der Waals surface area contributed by atoms with Gasteiger partial charge in [-0.1, -0.05) is 6.58 Å². The molecule has 0 aliphatic heterocycles. The fourth-order valence-electron chi connectivity index (χ4n) is 1.07. The normalized spacial score (nSPS) is 9.62. The second-order valence-corrected chi connectivity index (χ2v) is 3.41. The third-order valence-corrected chi connectivity index (χ3v) is 1.89. The van der Waals surface area contributed by atoms with Crippen LogP contribution in [0.15, 0.2) is 30.4 Å². The molecular formula is C12H12O4. The number of phenolic OH excluding ortho intramolecular Hbond substituents is 1. The molecule has 1 rings (SSSR count). The van der Waals surface area contributed by atoms with Gasteiger partial charge in [0.25, 0.3) is 0 Å². The summed E-state index contributed by atoms with van der Waals surface area (Å²) >= 11 is 0. The van der Waals surface area contributed by atoms with Crippen molar-refractivity contribution in [1.29, 1.82) is 0 Å². The first kappa shape index (κ1) is 12.0. The van der Waals surface area contributed by atoms with Crippen LogP contribution >= 0.6 is 0 Å². The van der Waals surface area contributed by atoms with Gasteiger partial charge in [0, 0.05) is 5.57 Å². The molecule has 0 saturated carbocycles. The van der Waals surface area contributed by atoms with Crippen molar-refractivity contribution in [2.24, 2.45) is 0 Å². The molecule has 0 heterocycles. The van der Waals surface area contributed by atoms with E-state index in [-0.39, 0.29) is 28.4 Å². The summed E-state index contributed by atoms with van der Waals surface area (Å²) in [6, 6.07) is 3.96. The second-order valence-electron chi connectivity index (χ2n) is 3.41. The molecule has 0 unspecified atom stereocenters. The zero-order valence-corrected chi connectivity index (χ0v) is 9.11. The third kappa shape index (κ3) is 2.70. The molecule has 0 fully saturated rings. The Morgan fingerprint density at radius 1 is 1.31 bits per heavy atom. The van der Waals surface area contributed by atoms with Crippen LogP contribution in [0.5, 0.6) is 11.5 Å². The predicted molar refractivity (Wildman–Crippen MR) is 58.6 cm³/mol. The van der Waals surface area contributed by atoms with Crippen LogP contribution in [-0.2, 0) is 4.79 Å². The lowest BCUT2D eigenvalue weighted by Gasteiger charge is -2.08. The Hall–Kier alpha value is -2.10. The summed E-state index contributed by atoms with van der Waals surface area (Å²) in [7, 11) is 0. The summed E-state index contributed by atoms with van der Waals surface area (Å²) in [4.78, 5) is 22.5. The third-order valence-electron chi connectivity index (χ3n) is 1.89. The minimum Gasteiger partial charge on any atom is -0.508 e. The van der Waals surface area contributed by atoms with E-state index < -0.39 is 5.97 Å². The van der Waals surface area contributed by atoms with Gasteiger partial charge in [-0.05, 0) is 32.0 Å². The summed E-state index contributed by atoms with van der Waals surface area (Å²) in [5.74, 6) is -0.827. The molecule has 0 aromatic heterocycles. The fourth-order valence-corrected chi connectivity index (χ4v) is 1.07. The highest BCUT2D eigenvalue weighted by Gasteiger charge is 2.13. The van der Waals surface area contributed by atoms with Crippen LogP contribution < -0.4 is 4.74 Å². The molecule has 0 spiro atoms. The predicted octanol–water partition coefficient (Wildman–Crippen LogP) is 2.08. The average molecular weight is 220 g/mol. The van der Waals surface area contributed by atoms with Gasteiger partial charge in [0.2, 0.25) is 0 Å². The molecule has 0 radical (unpaired) electrons. The van der Waals surface area contributed by atoms with Crippen LogP contribution in [0.2, 0.25) is 0 Å². The number of hydrogen-bond acceptors (Lipinski definition) is 4. The first-order valence-corrected chi connectivity index (χ1v) is 4.63. The van der Waals surface area contributed by atoms with Crippen LogP contribution in [0.1, 0.15) is 24.2 Å². The van der Waals surface area contributed by atoms with Crippen molar-refractivity contribution in [2.45, 2.75) is 13.8 Å². The number of phenols is 1. The van der Waals surface area contributed by atoms with E-state index in [1.807, 2.05) is 0 Å². The topological polar surface area (TPSA) is 63.6 Å². The van der Waals surface area contributed by atoms with Gasteiger partial charge in [0.15, 0.2) is 5.78 Å². The van der Waals surface area contributed by atoms with Crippen molar-refractivity contribution in [3.05, 3.63) is 35.9 Å². The van der Waals surface area contributed by atoms with E-state index in [4.69, 9.17) is 4.74 Å². The van der Waals surface area contributed by atoms with E-state index >= 15 is 0 Å². The first-order valence-electron chi connectivity index (χ1n) is 4.63. The zero-order chi connectivity index (χ0) is 12.3. The number of carbonyl (C=O) groups is 2. The van der Waals surface area contributed by atoms with Gasteiger partial charge in [-0.2, -0.15) is 0 Å². The fraction of sp³-hybridized carbons (Fsp3) is 0.167. The smallest absolute Gasteiger partial charge is 0.338 e. The molecule has 0 atom stereocenters. The van der Waals surface area contributed by atoms with Gasteiger partial charge in [-0.3, -0.25) is 4.79 Å². The van der Waals surface area contributed by atoms with Crippen LogP contribution in [0, 0.1) is 0 Å². The number of ketones is 1. The second kappa shape index (κ2) is 4.61. The molecule has 0 saturated heterocycles. The highest BCUT2D eigenvalue weighted by atomic mass is 16.5. The molecule has 0 aliphatic carbocycles. The minimum absolute atomic E-state index is 0.0553. The molecule has 0 aliphatic rings. The average Bonchev–Trinajstić information content (AvgIpc) is 2.20. The van der Waals surface area contributed by atoms with E-state index in [2.05, 4.69) is 6.58 Å².